The first-order chi connectivity index (χ1) is 14.5. The summed E-state index contributed by atoms with van der Waals surface area (Å²) in [5, 5.41) is 7.30. The van der Waals surface area contributed by atoms with Gasteiger partial charge in [0.2, 0.25) is 0 Å². The van der Waals surface area contributed by atoms with E-state index in [9.17, 15) is 0 Å². The Kier molecular flexibility index (Phi) is 5.40. The molecule has 0 aliphatic rings. The van der Waals surface area contributed by atoms with Gasteiger partial charge in [-0.3, -0.25) is 9.08 Å². The standard InChI is InChI=1S/C20H23N7O2S/c1-12-10-27-16(9-22-20(27)19(21-2)24-12)13-6-15(18(29-5)17(7-13)28-4)25-30-14-8-23-26(3)11-14/h6-11,25H,1-5H3,(H,21,24). The van der Waals surface area contributed by atoms with Gasteiger partial charge in [0.05, 0.1) is 48.6 Å². The van der Waals surface area contributed by atoms with Gasteiger partial charge in [-0.25, -0.2) is 9.97 Å². The monoisotopic (exact) mass is 425 g/mol. The zero-order valence-electron chi connectivity index (χ0n) is 17.4. The number of anilines is 2. The average Bonchev–Trinajstić information content (AvgIpc) is 3.36. The maximum Gasteiger partial charge on any atom is 0.184 e. The molecule has 3 aromatic heterocycles. The van der Waals surface area contributed by atoms with Crippen molar-refractivity contribution in [3.8, 4) is 22.8 Å². The fourth-order valence-electron chi connectivity index (χ4n) is 3.24. The molecule has 9 nitrogen and oxygen atoms in total. The Bertz CT molecular complexity index is 1200. The number of ether oxygens (including phenoxy) is 2. The van der Waals surface area contributed by atoms with Crippen LogP contribution in [0.2, 0.25) is 0 Å². The van der Waals surface area contributed by atoms with Crippen LogP contribution >= 0.6 is 11.9 Å². The maximum atomic E-state index is 5.61. The minimum Gasteiger partial charge on any atom is -0.493 e. The van der Waals surface area contributed by atoms with Crippen LogP contribution in [0.1, 0.15) is 5.69 Å². The molecule has 0 aliphatic carbocycles. The largest absolute Gasteiger partial charge is 0.493 e. The molecule has 0 saturated carbocycles. The highest BCUT2D eigenvalue weighted by Gasteiger charge is 2.17. The highest BCUT2D eigenvalue weighted by atomic mass is 32.2. The van der Waals surface area contributed by atoms with Gasteiger partial charge in [0.25, 0.3) is 0 Å². The average molecular weight is 426 g/mol. The molecule has 2 N–H and O–H groups in total. The Morgan fingerprint density at radius 3 is 2.60 bits per heavy atom. The summed E-state index contributed by atoms with van der Waals surface area (Å²) in [7, 11) is 6.97. The number of aryl methyl sites for hydroxylation is 2. The van der Waals surface area contributed by atoms with Crippen molar-refractivity contribution < 1.29 is 9.47 Å². The molecule has 0 spiro atoms. The minimum atomic E-state index is 0.624. The lowest BCUT2D eigenvalue weighted by Crippen LogP contribution is -2.01. The summed E-state index contributed by atoms with van der Waals surface area (Å²) in [6.45, 7) is 1.95. The molecule has 4 rings (SSSR count). The van der Waals surface area contributed by atoms with E-state index in [0.29, 0.717) is 11.5 Å². The van der Waals surface area contributed by atoms with Crippen LogP contribution in [0.5, 0.6) is 11.5 Å². The van der Waals surface area contributed by atoms with Crippen LogP contribution in [0.15, 0.2) is 41.8 Å². The van der Waals surface area contributed by atoms with E-state index in [2.05, 4.69) is 25.1 Å². The quantitative estimate of drug-likeness (QED) is 0.434. The summed E-state index contributed by atoms with van der Waals surface area (Å²) >= 11 is 1.45. The van der Waals surface area contributed by atoms with Crippen molar-refractivity contribution in [2.24, 2.45) is 7.05 Å². The Morgan fingerprint density at radius 2 is 1.93 bits per heavy atom. The minimum absolute atomic E-state index is 0.624. The summed E-state index contributed by atoms with van der Waals surface area (Å²) in [6, 6.07) is 3.96. The molecular weight excluding hydrogens is 402 g/mol. The molecule has 0 amide bonds. The van der Waals surface area contributed by atoms with E-state index >= 15 is 0 Å². The van der Waals surface area contributed by atoms with Crippen LogP contribution in [-0.2, 0) is 7.05 Å². The zero-order valence-corrected chi connectivity index (χ0v) is 18.2. The van der Waals surface area contributed by atoms with Crippen molar-refractivity contribution >= 4 is 29.1 Å². The van der Waals surface area contributed by atoms with Crippen molar-refractivity contribution in [1.82, 2.24) is 24.1 Å². The zero-order chi connectivity index (χ0) is 21.3. The second-order valence-electron chi connectivity index (χ2n) is 6.63. The molecule has 4 aromatic rings. The number of benzene rings is 1. The lowest BCUT2D eigenvalue weighted by atomic mass is 10.1. The summed E-state index contributed by atoms with van der Waals surface area (Å²) in [5.74, 6) is 1.98. The van der Waals surface area contributed by atoms with Gasteiger partial charge in [-0.15, -0.1) is 0 Å². The molecule has 0 aliphatic heterocycles. The topological polar surface area (TPSA) is 90.5 Å². The van der Waals surface area contributed by atoms with Crippen molar-refractivity contribution in [1.29, 1.82) is 0 Å². The first-order valence-electron chi connectivity index (χ1n) is 9.24. The molecule has 0 saturated heterocycles. The second-order valence-corrected chi connectivity index (χ2v) is 7.51. The van der Waals surface area contributed by atoms with Gasteiger partial charge in [-0.1, -0.05) is 0 Å². The maximum absolute atomic E-state index is 5.61. The van der Waals surface area contributed by atoms with E-state index in [1.807, 2.05) is 56.1 Å². The van der Waals surface area contributed by atoms with E-state index in [0.717, 1.165) is 39.0 Å². The van der Waals surface area contributed by atoms with Gasteiger partial charge in [0.1, 0.15) is 0 Å². The molecule has 0 radical (unpaired) electrons. The smallest absolute Gasteiger partial charge is 0.184 e. The summed E-state index contributed by atoms with van der Waals surface area (Å²) in [5.41, 5.74) is 4.28. The number of rotatable bonds is 7. The van der Waals surface area contributed by atoms with Crippen LogP contribution in [-0.4, -0.2) is 45.4 Å². The van der Waals surface area contributed by atoms with Crippen molar-refractivity contribution in [3.05, 3.63) is 42.6 Å². The first kappa shape index (κ1) is 19.9. The number of nitrogens with zero attached hydrogens (tertiary/aromatic N) is 5. The molecule has 156 valence electrons. The Morgan fingerprint density at radius 1 is 1.10 bits per heavy atom. The lowest BCUT2D eigenvalue weighted by Gasteiger charge is -2.16. The Balaban J connectivity index is 1.80. The summed E-state index contributed by atoms with van der Waals surface area (Å²) < 4.78 is 18.4. The third kappa shape index (κ3) is 3.61. The third-order valence-corrected chi connectivity index (χ3v) is 5.35. The molecule has 0 bridgehead atoms. The normalized spacial score (nSPS) is 11.0. The van der Waals surface area contributed by atoms with Gasteiger partial charge in [0.15, 0.2) is 23.0 Å². The molecule has 30 heavy (non-hydrogen) atoms. The number of nitrogens with one attached hydrogen (secondary N) is 2. The number of methoxy groups -OCH3 is 2. The van der Waals surface area contributed by atoms with Crippen molar-refractivity contribution in [3.63, 3.8) is 0 Å². The van der Waals surface area contributed by atoms with E-state index in [-0.39, 0.29) is 0 Å². The van der Waals surface area contributed by atoms with E-state index in [4.69, 9.17) is 9.47 Å². The predicted octanol–water partition coefficient (Wildman–Crippen LogP) is 3.62. The van der Waals surface area contributed by atoms with Crippen LogP contribution in [0.3, 0.4) is 0 Å². The number of hydrogen-bond acceptors (Lipinski definition) is 8. The summed E-state index contributed by atoms with van der Waals surface area (Å²) in [4.78, 5) is 10.1. The molecule has 0 fully saturated rings. The molecule has 3 heterocycles. The van der Waals surface area contributed by atoms with Gasteiger partial charge in [-0.05, 0) is 31.0 Å². The van der Waals surface area contributed by atoms with Crippen LogP contribution in [0.4, 0.5) is 11.5 Å². The fraction of sp³-hybridized carbons (Fsp3) is 0.250. The number of fused-ring (bicyclic) bond motifs is 1. The van der Waals surface area contributed by atoms with Gasteiger partial charge in [0, 0.05) is 32.1 Å². The van der Waals surface area contributed by atoms with E-state index in [1.165, 1.54) is 11.9 Å². The second kappa shape index (κ2) is 8.15. The molecule has 0 atom stereocenters. The van der Waals surface area contributed by atoms with Crippen LogP contribution in [0.25, 0.3) is 16.9 Å². The number of imidazole rings is 1. The van der Waals surface area contributed by atoms with Gasteiger partial charge in [-0.2, -0.15) is 5.10 Å². The predicted molar refractivity (Wildman–Crippen MR) is 118 cm³/mol. The molecule has 10 heteroatoms. The van der Waals surface area contributed by atoms with E-state index in [1.54, 1.807) is 25.1 Å². The third-order valence-electron chi connectivity index (χ3n) is 4.58. The van der Waals surface area contributed by atoms with Crippen molar-refractivity contribution in [2.75, 3.05) is 31.3 Å². The Hall–Kier alpha value is -3.40. The van der Waals surface area contributed by atoms with Gasteiger partial charge < -0.3 is 19.5 Å². The Labute approximate surface area is 178 Å². The van der Waals surface area contributed by atoms with Crippen LogP contribution < -0.4 is 19.5 Å². The SMILES string of the molecule is CNc1nc(C)cn2c(-c3cc(NSc4cnn(C)c4)c(OC)c(OC)c3)cnc12. The molecule has 1 aromatic carbocycles. The number of aromatic nitrogens is 5. The highest BCUT2D eigenvalue weighted by Crippen LogP contribution is 2.41. The van der Waals surface area contributed by atoms with Crippen molar-refractivity contribution in [2.45, 2.75) is 11.8 Å². The molecule has 0 unspecified atom stereocenters. The first-order valence-corrected chi connectivity index (χ1v) is 10.1. The summed E-state index contributed by atoms with van der Waals surface area (Å²) in [6.07, 6.45) is 7.53. The highest BCUT2D eigenvalue weighted by molar-refractivity contribution is 8.00. The lowest BCUT2D eigenvalue weighted by molar-refractivity contribution is 0.356. The van der Waals surface area contributed by atoms with Gasteiger partial charge >= 0.3 is 0 Å². The van der Waals surface area contributed by atoms with Crippen LogP contribution in [0, 0.1) is 6.92 Å². The fourth-order valence-corrected chi connectivity index (χ4v) is 3.93. The van der Waals surface area contributed by atoms with E-state index < -0.39 is 0 Å². The number of hydrogen-bond donors (Lipinski definition) is 2. The molecular formula is C20H23N7O2S.